The van der Waals surface area contributed by atoms with E-state index in [1.807, 2.05) is 12.1 Å². The number of benzene rings is 2. The number of hydrogen-bond donors (Lipinski definition) is 1. The van der Waals surface area contributed by atoms with Gasteiger partial charge >= 0.3 is 0 Å². The van der Waals surface area contributed by atoms with Gasteiger partial charge in [0.15, 0.2) is 28.3 Å². The molecule has 0 radical (unpaired) electrons. The van der Waals surface area contributed by atoms with Gasteiger partial charge in [0.05, 0.1) is 25.5 Å². The maximum Gasteiger partial charge on any atom is 0.276 e. The molecule has 1 amide bonds. The van der Waals surface area contributed by atoms with E-state index in [4.69, 9.17) is 9.47 Å². The van der Waals surface area contributed by atoms with Gasteiger partial charge in [-0.3, -0.25) is 10.1 Å². The van der Waals surface area contributed by atoms with Crippen LogP contribution in [0.2, 0.25) is 0 Å². The summed E-state index contributed by atoms with van der Waals surface area (Å²) >= 11 is 2.53. The highest BCUT2D eigenvalue weighted by molar-refractivity contribution is 7.16. The molecule has 6 nitrogen and oxygen atoms in total. The van der Waals surface area contributed by atoms with Crippen LogP contribution in [0.3, 0.4) is 0 Å². The number of carbonyl (C=O) groups excluding carboxylic acids is 1. The number of amides is 1. The number of rotatable bonds is 6. The van der Waals surface area contributed by atoms with Crippen molar-refractivity contribution < 1.29 is 23.0 Å². The van der Waals surface area contributed by atoms with Crippen molar-refractivity contribution in [2.75, 3.05) is 19.5 Å². The summed E-state index contributed by atoms with van der Waals surface area (Å²) in [6.07, 6.45) is 0. The molecule has 4 aromatic rings. The van der Waals surface area contributed by atoms with Crippen molar-refractivity contribution in [3.8, 4) is 33.3 Å². The minimum Gasteiger partial charge on any atom is -0.493 e. The molecule has 0 unspecified atom stereocenters. The Labute approximate surface area is 190 Å². The third-order valence-corrected chi connectivity index (χ3v) is 6.34. The molecular formula is C22H17F2N3O3S2. The number of hydrogen-bond acceptors (Lipinski definition) is 7. The van der Waals surface area contributed by atoms with Crippen LogP contribution >= 0.6 is 22.7 Å². The van der Waals surface area contributed by atoms with Crippen molar-refractivity contribution in [2.45, 2.75) is 6.92 Å². The van der Waals surface area contributed by atoms with Gasteiger partial charge in [-0.25, -0.2) is 18.7 Å². The molecule has 0 aliphatic carbocycles. The van der Waals surface area contributed by atoms with Crippen LogP contribution in [0.1, 0.15) is 15.4 Å². The second-order valence-corrected chi connectivity index (χ2v) is 8.65. The fraction of sp³-hybridized carbons (Fsp3) is 0.136. The first-order chi connectivity index (χ1) is 15.4. The van der Waals surface area contributed by atoms with Crippen LogP contribution in [-0.4, -0.2) is 30.1 Å². The minimum absolute atomic E-state index is 0.220. The van der Waals surface area contributed by atoms with E-state index in [0.29, 0.717) is 38.5 Å². The summed E-state index contributed by atoms with van der Waals surface area (Å²) in [6.45, 7) is 1.79. The van der Waals surface area contributed by atoms with Crippen LogP contribution in [0.4, 0.5) is 13.9 Å². The van der Waals surface area contributed by atoms with Crippen molar-refractivity contribution in [3.63, 3.8) is 0 Å². The first kappa shape index (κ1) is 21.8. The lowest BCUT2D eigenvalue weighted by Gasteiger charge is -2.10. The Morgan fingerprint density at radius 1 is 1.06 bits per heavy atom. The molecule has 0 bridgehead atoms. The molecule has 0 aliphatic heterocycles. The van der Waals surface area contributed by atoms with Gasteiger partial charge in [-0.15, -0.1) is 22.7 Å². The topological polar surface area (TPSA) is 73.3 Å². The third kappa shape index (κ3) is 4.19. The molecule has 2 aromatic carbocycles. The number of nitrogens with zero attached hydrogens (tertiary/aromatic N) is 2. The van der Waals surface area contributed by atoms with Crippen LogP contribution in [0.15, 0.2) is 41.8 Å². The second-order valence-electron chi connectivity index (χ2n) is 6.59. The molecule has 32 heavy (non-hydrogen) atoms. The Hall–Kier alpha value is -3.37. The Balaban J connectivity index is 1.56. The van der Waals surface area contributed by atoms with E-state index in [0.717, 1.165) is 17.0 Å². The fourth-order valence-electron chi connectivity index (χ4n) is 3.08. The van der Waals surface area contributed by atoms with E-state index >= 15 is 0 Å². The highest BCUT2D eigenvalue weighted by Crippen LogP contribution is 2.39. The standard InChI is InChI=1S/C22H17F2N3O3S2/c1-11-18(12-7-8-14(23)15(24)9-12)26-22(32-11)27-20(28)16-10-31-21(25-16)13-5-4-6-17(29-2)19(13)30-3/h4-10H,1-3H3,(H,26,27,28). The molecule has 164 valence electrons. The molecule has 2 aromatic heterocycles. The lowest BCUT2D eigenvalue weighted by atomic mass is 10.1. The predicted molar refractivity (Wildman–Crippen MR) is 121 cm³/mol. The summed E-state index contributed by atoms with van der Waals surface area (Å²) in [6, 6.07) is 9.00. The number of para-hydroxylation sites is 1. The number of halogens is 2. The van der Waals surface area contributed by atoms with E-state index in [-0.39, 0.29) is 5.69 Å². The third-order valence-electron chi connectivity index (χ3n) is 4.58. The van der Waals surface area contributed by atoms with Gasteiger partial charge in [0.1, 0.15) is 10.7 Å². The van der Waals surface area contributed by atoms with Crippen molar-refractivity contribution in [2.24, 2.45) is 0 Å². The van der Waals surface area contributed by atoms with E-state index in [2.05, 4.69) is 15.3 Å². The van der Waals surface area contributed by atoms with E-state index in [1.54, 1.807) is 25.5 Å². The zero-order valence-corrected chi connectivity index (χ0v) is 18.9. The maximum absolute atomic E-state index is 13.6. The normalized spacial score (nSPS) is 10.8. The number of aromatic nitrogens is 2. The number of aryl methyl sites for hydroxylation is 1. The largest absolute Gasteiger partial charge is 0.493 e. The molecule has 0 spiro atoms. The summed E-state index contributed by atoms with van der Waals surface area (Å²) in [7, 11) is 3.09. The highest BCUT2D eigenvalue weighted by atomic mass is 32.1. The lowest BCUT2D eigenvalue weighted by Crippen LogP contribution is -2.12. The second kappa shape index (κ2) is 9.01. The Morgan fingerprint density at radius 2 is 1.88 bits per heavy atom. The lowest BCUT2D eigenvalue weighted by molar-refractivity contribution is 0.102. The summed E-state index contributed by atoms with van der Waals surface area (Å²) in [5.74, 6) is -1.22. The number of ether oxygens (including phenoxy) is 2. The molecule has 2 heterocycles. The molecular weight excluding hydrogens is 456 g/mol. The Bertz CT molecular complexity index is 1300. The minimum atomic E-state index is -0.955. The number of nitrogens with one attached hydrogen (secondary N) is 1. The first-order valence-electron chi connectivity index (χ1n) is 9.32. The highest BCUT2D eigenvalue weighted by Gasteiger charge is 2.19. The van der Waals surface area contributed by atoms with Gasteiger partial charge in [0.25, 0.3) is 5.91 Å². The molecule has 10 heteroatoms. The molecule has 0 saturated heterocycles. The van der Waals surface area contributed by atoms with Gasteiger partial charge < -0.3 is 9.47 Å². The average molecular weight is 474 g/mol. The summed E-state index contributed by atoms with van der Waals surface area (Å²) in [4.78, 5) is 22.3. The van der Waals surface area contributed by atoms with Crippen LogP contribution in [0.5, 0.6) is 11.5 Å². The molecule has 0 atom stereocenters. The zero-order valence-electron chi connectivity index (χ0n) is 17.2. The van der Waals surface area contributed by atoms with Gasteiger partial charge in [0, 0.05) is 15.8 Å². The van der Waals surface area contributed by atoms with E-state index in [1.165, 1.54) is 35.8 Å². The van der Waals surface area contributed by atoms with E-state index < -0.39 is 17.5 Å². The first-order valence-corrected chi connectivity index (χ1v) is 11.0. The SMILES string of the molecule is COc1cccc(-c2nc(C(=O)Nc3nc(-c4ccc(F)c(F)c4)c(C)s3)cs2)c1OC. The van der Waals surface area contributed by atoms with Crippen LogP contribution in [-0.2, 0) is 0 Å². The van der Waals surface area contributed by atoms with Crippen molar-refractivity contribution >= 4 is 33.7 Å². The monoisotopic (exact) mass is 473 g/mol. The summed E-state index contributed by atoms with van der Waals surface area (Å²) in [5.41, 5.74) is 1.84. The smallest absolute Gasteiger partial charge is 0.276 e. The van der Waals surface area contributed by atoms with Gasteiger partial charge in [-0.2, -0.15) is 0 Å². The maximum atomic E-state index is 13.6. The summed E-state index contributed by atoms with van der Waals surface area (Å²) < 4.78 is 37.6. The quantitative estimate of drug-likeness (QED) is 0.384. The van der Waals surface area contributed by atoms with Gasteiger partial charge in [0.2, 0.25) is 0 Å². The van der Waals surface area contributed by atoms with Gasteiger partial charge in [-0.05, 0) is 37.3 Å². The number of anilines is 1. The van der Waals surface area contributed by atoms with Gasteiger partial charge in [-0.1, -0.05) is 6.07 Å². The zero-order chi connectivity index (χ0) is 22.8. The molecule has 1 N–H and O–H groups in total. The molecule has 4 rings (SSSR count). The van der Waals surface area contributed by atoms with Crippen LogP contribution in [0.25, 0.3) is 21.8 Å². The average Bonchev–Trinajstić information content (AvgIpc) is 3.42. The van der Waals surface area contributed by atoms with Crippen molar-refractivity contribution in [3.05, 3.63) is 64.0 Å². The molecule has 0 aliphatic rings. The number of carbonyl (C=O) groups is 1. The van der Waals surface area contributed by atoms with Crippen molar-refractivity contribution in [1.29, 1.82) is 0 Å². The number of methoxy groups -OCH3 is 2. The predicted octanol–water partition coefficient (Wildman–Crippen LogP) is 5.79. The fourth-order valence-corrected chi connectivity index (χ4v) is 4.73. The van der Waals surface area contributed by atoms with E-state index in [9.17, 15) is 13.6 Å². The molecule has 0 fully saturated rings. The van der Waals surface area contributed by atoms with Crippen molar-refractivity contribution in [1.82, 2.24) is 9.97 Å². The molecule has 0 saturated carbocycles. The van der Waals surface area contributed by atoms with Crippen LogP contribution < -0.4 is 14.8 Å². The van der Waals surface area contributed by atoms with Crippen LogP contribution in [0, 0.1) is 18.6 Å². The Morgan fingerprint density at radius 3 is 2.59 bits per heavy atom. The Kier molecular flexibility index (Phi) is 6.15. The number of thiazole rings is 2. The summed E-state index contributed by atoms with van der Waals surface area (Å²) in [5, 5.41) is 5.29.